The maximum atomic E-state index is 11.6. The highest BCUT2D eigenvalue weighted by atomic mass is 35.5. The van der Waals surface area contributed by atoms with Crippen molar-refractivity contribution in [3.63, 3.8) is 0 Å². The van der Waals surface area contributed by atoms with Crippen LogP contribution in [0, 0.1) is 5.92 Å². The van der Waals surface area contributed by atoms with Gasteiger partial charge in [0.05, 0.1) is 12.8 Å². The Bertz CT molecular complexity index is 382. The summed E-state index contributed by atoms with van der Waals surface area (Å²) in [6.45, 7) is 2.06. The Kier molecular flexibility index (Phi) is 4.58. The molecular formula is C11H15ClN2O2. The summed E-state index contributed by atoms with van der Waals surface area (Å²) >= 11 is 5.84. The van der Waals surface area contributed by atoms with E-state index >= 15 is 0 Å². The van der Waals surface area contributed by atoms with E-state index < -0.39 is 0 Å². The summed E-state index contributed by atoms with van der Waals surface area (Å²) in [5, 5.41) is 3.26. The van der Waals surface area contributed by atoms with Crippen molar-refractivity contribution in [3.05, 3.63) is 23.2 Å². The third-order valence-corrected chi connectivity index (χ3v) is 2.46. The lowest BCUT2D eigenvalue weighted by Crippen LogP contribution is -2.26. The van der Waals surface area contributed by atoms with Crippen molar-refractivity contribution in [2.45, 2.75) is 6.92 Å². The molecule has 0 aromatic heterocycles. The van der Waals surface area contributed by atoms with Gasteiger partial charge in [0.15, 0.2) is 0 Å². The maximum absolute atomic E-state index is 11.6. The molecule has 0 fully saturated rings. The fourth-order valence-corrected chi connectivity index (χ4v) is 1.31. The van der Waals surface area contributed by atoms with Gasteiger partial charge in [-0.25, -0.2) is 0 Å². The third-order valence-electron chi connectivity index (χ3n) is 2.22. The van der Waals surface area contributed by atoms with Gasteiger partial charge in [-0.3, -0.25) is 4.79 Å². The van der Waals surface area contributed by atoms with E-state index in [4.69, 9.17) is 22.1 Å². The summed E-state index contributed by atoms with van der Waals surface area (Å²) in [6, 6.07) is 5.04. The van der Waals surface area contributed by atoms with Gasteiger partial charge < -0.3 is 15.8 Å². The molecule has 4 nitrogen and oxygen atoms in total. The number of benzene rings is 1. The molecule has 0 radical (unpaired) electrons. The van der Waals surface area contributed by atoms with Crippen molar-refractivity contribution in [1.82, 2.24) is 0 Å². The molecule has 1 rings (SSSR count). The Labute approximate surface area is 99.7 Å². The van der Waals surface area contributed by atoms with Crippen molar-refractivity contribution >= 4 is 23.2 Å². The Morgan fingerprint density at radius 1 is 1.62 bits per heavy atom. The molecule has 0 aliphatic rings. The SMILES string of the molecule is COc1ccc(Cl)cc1NC(=O)C(C)CN. The molecule has 0 heterocycles. The van der Waals surface area contributed by atoms with Gasteiger partial charge in [-0.05, 0) is 18.2 Å². The van der Waals surface area contributed by atoms with Crippen LogP contribution in [0.2, 0.25) is 5.02 Å². The summed E-state index contributed by atoms with van der Waals surface area (Å²) in [6.07, 6.45) is 0. The zero-order valence-electron chi connectivity index (χ0n) is 9.29. The molecule has 1 aromatic carbocycles. The Morgan fingerprint density at radius 2 is 2.31 bits per heavy atom. The number of carbonyl (C=O) groups excluding carboxylic acids is 1. The maximum Gasteiger partial charge on any atom is 0.228 e. The molecular weight excluding hydrogens is 228 g/mol. The first-order valence-corrected chi connectivity index (χ1v) is 5.30. The predicted octanol–water partition coefficient (Wildman–Crippen LogP) is 1.88. The van der Waals surface area contributed by atoms with Gasteiger partial charge in [0.2, 0.25) is 5.91 Å². The molecule has 0 aliphatic heterocycles. The molecule has 1 atom stereocenters. The molecule has 88 valence electrons. The van der Waals surface area contributed by atoms with Gasteiger partial charge >= 0.3 is 0 Å². The highest BCUT2D eigenvalue weighted by Crippen LogP contribution is 2.27. The van der Waals surface area contributed by atoms with Crippen LogP contribution < -0.4 is 15.8 Å². The van der Waals surface area contributed by atoms with Gasteiger partial charge in [-0.2, -0.15) is 0 Å². The van der Waals surface area contributed by atoms with E-state index in [9.17, 15) is 4.79 Å². The van der Waals surface area contributed by atoms with Gasteiger partial charge in [0.25, 0.3) is 0 Å². The Morgan fingerprint density at radius 3 is 2.88 bits per heavy atom. The van der Waals surface area contributed by atoms with Crippen molar-refractivity contribution in [2.75, 3.05) is 19.0 Å². The number of methoxy groups -OCH3 is 1. The number of amides is 1. The molecule has 16 heavy (non-hydrogen) atoms. The Hall–Kier alpha value is -1.26. The zero-order chi connectivity index (χ0) is 12.1. The van der Waals surface area contributed by atoms with Crippen LogP contribution in [0.5, 0.6) is 5.75 Å². The van der Waals surface area contributed by atoms with E-state index in [2.05, 4.69) is 5.32 Å². The minimum Gasteiger partial charge on any atom is -0.495 e. The molecule has 0 bridgehead atoms. The average molecular weight is 243 g/mol. The molecule has 0 spiro atoms. The highest BCUT2D eigenvalue weighted by Gasteiger charge is 2.13. The number of hydrogen-bond acceptors (Lipinski definition) is 3. The van der Waals surface area contributed by atoms with E-state index in [0.717, 1.165) is 0 Å². The van der Waals surface area contributed by atoms with E-state index in [1.165, 1.54) is 7.11 Å². The highest BCUT2D eigenvalue weighted by molar-refractivity contribution is 6.31. The summed E-state index contributed by atoms with van der Waals surface area (Å²) in [4.78, 5) is 11.6. The fourth-order valence-electron chi connectivity index (χ4n) is 1.14. The largest absolute Gasteiger partial charge is 0.495 e. The summed E-state index contributed by atoms with van der Waals surface area (Å²) < 4.78 is 5.11. The lowest BCUT2D eigenvalue weighted by atomic mass is 10.1. The zero-order valence-corrected chi connectivity index (χ0v) is 10.0. The predicted molar refractivity (Wildman–Crippen MR) is 64.9 cm³/mol. The first-order chi connectivity index (χ1) is 7.58. The smallest absolute Gasteiger partial charge is 0.228 e. The lowest BCUT2D eigenvalue weighted by Gasteiger charge is -2.13. The van der Waals surface area contributed by atoms with Crippen LogP contribution >= 0.6 is 11.6 Å². The number of anilines is 1. The topological polar surface area (TPSA) is 64.3 Å². The summed E-state index contributed by atoms with van der Waals surface area (Å²) in [5.74, 6) is 0.175. The summed E-state index contributed by atoms with van der Waals surface area (Å²) in [7, 11) is 1.53. The van der Waals surface area contributed by atoms with Crippen molar-refractivity contribution in [1.29, 1.82) is 0 Å². The molecule has 0 aliphatic carbocycles. The van der Waals surface area contributed by atoms with Gasteiger partial charge in [0.1, 0.15) is 5.75 Å². The van der Waals surface area contributed by atoms with E-state index in [0.29, 0.717) is 23.0 Å². The van der Waals surface area contributed by atoms with Crippen LogP contribution in [0.4, 0.5) is 5.69 Å². The monoisotopic (exact) mass is 242 g/mol. The lowest BCUT2D eigenvalue weighted by molar-refractivity contribution is -0.119. The minimum absolute atomic E-state index is 0.150. The second-order valence-corrected chi connectivity index (χ2v) is 3.91. The van der Waals surface area contributed by atoms with E-state index in [1.807, 2.05) is 0 Å². The van der Waals surface area contributed by atoms with Crippen LogP contribution in [0.25, 0.3) is 0 Å². The molecule has 0 saturated heterocycles. The summed E-state index contributed by atoms with van der Waals surface area (Å²) in [5.41, 5.74) is 5.96. The fraction of sp³-hybridized carbons (Fsp3) is 0.364. The minimum atomic E-state index is -0.247. The second kappa shape index (κ2) is 5.72. The normalized spacial score (nSPS) is 12.0. The van der Waals surface area contributed by atoms with Crippen LogP contribution in [0.15, 0.2) is 18.2 Å². The number of hydrogen-bond donors (Lipinski definition) is 2. The van der Waals surface area contributed by atoms with Gasteiger partial charge in [-0.15, -0.1) is 0 Å². The second-order valence-electron chi connectivity index (χ2n) is 3.47. The first kappa shape index (κ1) is 12.8. The quantitative estimate of drug-likeness (QED) is 0.847. The number of halogens is 1. The molecule has 1 unspecified atom stereocenters. The van der Waals surface area contributed by atoms with Gasteiger partial charge in [-0.1, -0.05) is 18.5 Å². The molecule has 1 aromatic rings. The van der Waals surface area contributed by atoms with E-state index in [-0.39, 0.29) is 11.8 Å². The Balaban J connectivity index is 2.87. The van der Waals surface area contributed by atoms with E-state index in [1.54, 1.807) is 25.1 Å². The average Bonchev–Trinajstić information content (AvgIpc) is 2.28. The van der Waals surface area contributed by atoms with Crippen molar-refractivity contribution in [2.24, 2.45) is 11.7 Å². The van der Waals surface area contributed by atoms with Crippen LogP contribution in [0.1, 0.15) is 6.92 Å². The molecule has 0 saturated carbocycles. The van der Waals surface area contributed by atoms with Gasteiger partial charge in [0, 0.05) is 17.5 Å². The van der Waals surface area contributed by atoms with Crippen LogP contribution in [0.3, 0.4) is 0 Å². The van der Waals surface area contributed by atoms with Crippen molar-refractivity contribution < 1.29 is 9.53 Å². The molecule has 3 N–H and O–H groups in total. The standard InChI is InChI=1S/C11H15ClN2O2/c1-7(6-13)11(15)14-9-5-8(12)3-4-10(9)16-2/h3-5,7H,6,13H2,1-2H3,(H,14,15). The number of rotatable bonds is 4. The van der Waals surface area contributed by atoms with Crippen LogP contribution in [-0.4, -0.2) is 19.6 Å². The van der Waals surface area contributed by atoms with Crippen molar-refractivity contribution in [3.8, 4) is 5.75 Å². The number of nitrogens with one attached hydrogen (secondary N) is 1. The third kappa shape index (κ3) is 3.12. The number of carbonyl (C=O) groups is 1. The molecule has 1 amide bonds. The number of ether oxygens (including phenoxy) is 1. The van der Waals surface area contributed by atoms with Crippen LogP contribution in [-0.2, 0) is 4.79 Å². The molecule has 5 heteroatoms. The first-order valence-electron chi connectivity index (χ1n) is 4.93. The number of nitrogens with two attached hydrogens (primary N) is 1.